The monoisotopic (exact) mass is 193 g/mol. The first-order valence-corrected chi connectivity index (χ1v) is 4.27. The predicted molar refractivity (Wildman–Crippen MR) is 58.7 cm³/mol. The van der Waals surface area contributed by atoms with Crippen LogP contribution in [-0.4, -0.2) is 14.2 Å². The fourth-order valence-electron chi connectivity index (χ4n) is 1.35. The molecule has 0 aromatic heterocycles. The lowest BCUT2D eigenvalue weighted by Crippen LogP contribution is -1.97. The zero-order valence-corrected chi connectivity index (χ0v) is 8.76. The molecule has 1 rings (SSSR count). The summed E-state index contributed by atoms with van der Waals surface area (Å²) < 4.78 is 10.4. The highest BCUT2D eigenvalue weighted by molar-refractivity contribution is 5.75. The van der Waals surface area contributed by atoms with Gasteiger partial charge in [-0.3, -0.25) is 0 Å². The van der Waals surface area contributed by atoms with Crippen LogP contribution in [0.2, 0.25) is 0 Å². The summed E-state index contributed by atoms with van der Waals surface area (Å²) in [5.41, 5.74) is 8.06. The number of hydrogen-bond acceptors (Lipinski definition) is 3. The molecule has 1 aromatic rings. The second-order valence-electron chi connectivity index (χ2n) is 3.08. The Labute approximate surface area is 84.1 Å². The number of allylic oxidation sites excluding steroid dienone is 1. The number of hydrogen-bond donors (Lipinski definition) is 1. The average Bonchev–Trinajstić information content (AvgIpc) is 2.15. The van der Waals surface area contributed by atoms with Gasteiger partial charge in [0.2, 0.25) is 0 Å². The van der Waals surface area contributed by atoms with Crippen molar-refractivity contribution < 1.29 is 9.47 Å². The largest absolute Gasteiger partial charge is 0.496 e. The molecular weight excluding hydrogens is 178 g/mol. The van der Waals surface area contributed by atoms with Gasteiger partial charge in [0, 0.05) is 17.8 Å². The van der Waals surface area contributed by atoms with Crippen molar-refractivity contribution in [2.75, 3.05) is 20.0 Å². The molecule has 0 spiro atoms. The first-order valence-electron chi connectivity index (χ1n) is 4.27. The van der Waals surface area contributed by atoms with Gasteiger partial charge >= 0.3 is 0 Å². The van der Waals surface area contributed by atoms with Crippen LogP contribution in [0, 0.1) is 0 Å². The molecule has 0 fully saturated rings. The highest BCUT2D eigenvalue weighted by Crippen LogP contribution is 2.36. The summed E-state index contributed by atoms with van der Waals surface area (Å²) in [7, 11) is 3.20. The van der Waals surface area contributed by atoms with Gasteiger partial charge in [0.1, 0.15) is 11.5 Å². The van der Waals surface area contributed by atoms with E-state index in [1.165, 1.54) is 0 Å². The smallest absolute Gasteiger partial charge is 0.132 e. The van der Waals surface area contributed by atoms with Crippen LogP contribution in [0.4, 0.5) is 5.69 Å². The van der Waals surface area contributed by atoms with Gasteiger partial charge in [-0.1, -0.05) is 6.58 Å². The first kappa shape index (κ1) is 10.4. The number of nitrogens with two attached hydrogens (primary N) is 1. The number of rotatable bonds is 3. The Hall–Kier alpha value is -1.64. The molecule has 0 radical (unpaired) electrons. The quantitative estimate of drug-likeness (QED) is 0.749. The molecule has 2 N–H and O–H groups in total. The van der Waals surface area contributed by atoms with Gasteiger partial charge in [0.15, 0.2) is 0 Å². The van der Waals surface area contributed by atoms with E-state index < -0.39 is 0 Å². The summed E-state index contributed by atoms with van der Waals surface area (Å²) in [6.07, 6.45) is 0. The van der Waals surface area contributed by atoms with Crippen LogP contribution in [0.1, 0.15) is 12.5 Å². The molecule has 0 aliphatic carbocycles. The van der Waals surface area contributed by atoms with Crippen LogP contribution < -0.4 is 15.2 Å². The van der Waals surface area contributed by atoms with Crippen molar-refractivity contribution in [3.8, 4) is 11.5 Å². The van der Waals surface area contributed by atoms with E-state index in [4.69, 9.17) is 15.2 Å². The molecular formula is C11H15NO2. The Morgan fingerprint density at radius 2 is 1.64 bits per heavy atom. The Bertz CT molecular complexity index is 333. The second-order valence-corrected chi connectivity index (χ2v) is 3.08. The maximum absolute atomic E-state index is 5.69. The van der Waals surface area contributed by atoms with Crippen molar-refractivity contribution in [2.45, 2.75) is 6.92 Å². The van der Waals surface area contributed by atoms with Crippen LogP contribution in [0.3, 0.4) is 0 Å². The fourth-order valence-corrected chi connectivity index (χ4v) is 1.35. The number of benzene rings is 1. The fraction of sp³-hybridized carbons (Fsp3) is 0.273. The molecule has 0 unspecified atom stereocenters. The third kappa shape index (κ3) is 1.82. The van der Waals surface area contributed by atoms with E-state index in [0.717, 1.165) is 11.1 Å². The van der Waals surface area contributed by atoms with Crippen LogP contribution in [0.5, 0.6) is 11.5 Å². The Morgan fingerprint density at radius 3 is 1.93 bits per heavy atom. The number of anilines is 1. The van der Waals surface area contributed by atoms with Crippen LogP contribution >= 0.6 is 0 Å². The summed E-state index contributed by atoms with van der Waals surface area (Å²) in [5, 5.41) is 0. The molecule has 14 heavy (non-hydrogen) atoms. The van der Waals surface area contributed by atoms with Crippen LogP contribution in [0.25, 0.3) is 5.57 Å². The Balaban J connectivity index is 3.40. The molecule has 0 saturated heterocycles. The van der Waals surface area contributed by atoms with Gasteiger partial charge in [0.05, 0.1) is 19.8 Å². The van der Waals surface area contributed by atoms with E-state index in [1.54, 1.807) is 26.4 Å². The molecule has 3 nitrogen and oxygen atoms in total. The van der Waals surface area contributed by atoms with Gasteiger partial charge in [-0.25, -0.2) is 0 Å². The predicted octanol–water partition coefficient (Wildman–Crippen LogP) is 2.32. The van der Waals surface area contributed by atoms with E-state index in [-0.39, 0.29) is 0 Å². The Morgan fingerprint density at radius 1 is 1.21 bits per heavy atom. The summed E-state index contributed by atoms with van der Waals surface area (Å²) in [5.74, 6) is 1.38. The maximum atomic E-state index is 5.69. The molecule has 0 aliphatic heterocycles. The number of nitrogen functional groups attached to an aromatic ring is 1. The molecule has 0 amide bonds. The van der Waals surface area contributed by atoms with Gasteiger partial charge < -0.3 is 15.2 Å². The minimum atomic E-state index is 0.615. The molecule has 0 aliphatic rings. The summed E-state index contributed by atoms with van der Waals surface area (Å²) in [6, 6.07) is 3.51. The lowest BCUT2D eigenvalue weighted by Gasteiger charge is -2.13. The normalized spacial score (nSPS) is 9.64. The summed E-state index contributed by atoms with van der Waals surface area (Å²) >= 11 is 0. The van der Waals surface area contributed by atoms with Crippen molar-refractivity contribution in [2.24, 2.45) is 0 Å². The summed E-state index contributed by atoms with van der Waals surface area (Å²) in [6.45, 7) is 5.77. The molecule has 0 saturated carbocycles. The van der Waals surface area contributed by atoms with E-state index >= 15 is 0 Å². The topological polar surface area (TPSA) is 44.5 Å². The van der Waals surface area contributed by atoms with Crippen LogP contribution in [-0.2, 0) is 0 Å². The maximum Gasteiger partial charge on any atom is 0.132 e. The molecule has 0 atom stereocenters. The molecule has 1 aromatic carbocycles. The lowest BCUT2D eigenvalue weighted by atomic mass is 10.1. The average molecular weight is 193 g/mol. The van der Waals surface area contributed by atoms with E-state index in [9.17, 15) is 0 Å². The SMILES string of the molecule is C=C(C)c1c(OC)cc(N)cc1OC. The zero-order valence-electron chi connectivity index (χ0n) is 8.76. The van der Waals surface area contributed by atoms with Crippen LogP contribution in [0.15, 0.2) is 18.7 Å². The van der Waals surface area contributed by atoms with Crippen molar-refractivity contribution in [3.05, 3.63) is 24.3 Å². The van der Waals surface area contributed by atoms with Gasteiger partial charge in [-0.05, 0) is 12.5 Å². The van der Waals surface area contributed by atoms with Gasteiger partial charge in [0.25, 0.3) is 0 Å². The zero-order chi connectivity index (χ0) is 10.7. The standard InChI is InChI=1S/C11H15NO2/c1-7(2)11-9(13-3)5-8(12)6-10(11)14-4/h5-6H,1,12H2,2-4H3. The minimum Gasteiger partial charge on any atom is -0.496 e. The molecule has 76 valence electrons. The third-order valence-electron chi connectivity index (χ3n) is 1.95. The highest BCUT2D eigenvalue weighted by atomic mass is 16.5. The van der Waals surface area contributed by atoms with Crippen molar-refractivity contribution >= 4 is 11.3 Å². The van der Waals surface area contributed by atoms with E-state index in [0.29, 0.717) is 17.2 Å². The molecule has 0 bridgehead atoms. The third-order valence-corrected chi connectivity index (χ3v) is 1.95. The second kappa shape index (κ2) is 4.05. The molecule has 3 heteroatoms. The van der Waals surface area contributed by atoms with E-state index in [2.05, 4.69) is 6.58 Å². The van der Waals surface area contributed by atoms with Crippen molar-refractivity contribution in [1.82, 2.24) is 0 Å². The van der Waals surface area contributed by atoms with E-state index in [1.807, 2.05) is 6.92 Å². The molecule has 0 heterocycles. The lowest BCUT2D eigenvalue weighted by molar-refractivity contribution is 0.392. The minimum absolute atomic E-state index is 0.615. The Kier molecular flexibility index (Phi) is 3.02. The first-order chi connectivity index (χ1) is 6.60. The van der Waals surface area contributed by atoms with Gasteiger partial charge in [-0.2, -0.15) is 0 Å². The van der Waals surface area contributed by atoms with Crippen molar-refractivity contribution in [1.29, 1.82) is 0 Å². The van der Waals surface area contributed by atoms with Crippen molar-refractivity contribution in [3.63, 3.8) is 0 Å². The number of ether oxygens (including phenoxy) is 2. The van der Waals surface area contributed by atoms with Gasteiger partial charge in [-0.15, -0.1) is 0 Å². The number of methoxy groups -OCH3 is 2. The highest BCUT2D eigenvalue weighted by Gasteiger charge is 2.11. The summed E-state index contributed by atoms with van der Waals surface area (Å²) in [4.78, 5) is 0.